The smallest absolute Gasteiger partial charge is 0.193 e. The molecule has 0 atom stereocenters. The lowest BCUT2D eigenvalue weighted by atomic mass is 9.91. The molecule has 0 amide bonds. The van der Waals surface area contributed by atoms with E-state index in [4.69, 9.17) is 0 Å². The summed E-state index contributed by atoms with van der Waals surface area (Å²) in [6.45, 7) is 2.18. The fourth-order valence-electron chi connectivity index (χ4n) is 3.02. The van der Waals surface area contributed by atoms with Gasteiger partial charge in [0.25, 0.3) is 0 Å². The van der Waals surface area contributed by atoms with Crippen LogP contribution < -0.4 is 0 Å². The number of hydrogen-bond donors (Lipinski definition) is 0. The summed E-state index contributed by atoms with van der Waals surface area (Å²) in [4.78, 5) is 13.2. The van der Waals surface area contributed by atoms with Crippen molar-refractivity contribution < 1.29 is 4.79 Å². The summed E-state index contributed by atoms with van der Waals surface area (Å²) >= 11 is 0. The lowest BCUT2D eigenvalue weighted by molar-refractivity contribution is 0.103. The minimum absolute atomic E-state index is 0.112. The number of rotatable bonds is 6. The molecule has 3 rings (SSSR count). The lowest BCUT2D eigenvalue weighted by Gasteiger charge is -2.12. The Balaban J connectivity index is 2.03. The highest BCUT2D eigenvalue weighted by Crippen LogP contribution is 2.26. The highest BCUT2D eigenvalue weighted by atomic mass is 16.1. The maximum atomic E-state index is 13.2. The van der Waals surface area contributed by atoms with Crippen LogP contribution in [0.4, 0.5) is 0 Å². The first-order valence-electron chi connectivity index (χ1n) is 8.58. The van der Waals surface area contributed by atoms with Gasteiger partial charge in [-0.05, 0) is 29.5 Å². The molecule has 3 aromatic carbocycles. The van der Waals surface area contributed by atoms with Crippen molar-refractivity contribution in [3.05, 3.63) is 95.6 Å². The van der Waals surface area contributed by atoms with Crippen LogP contribution in [0.3, 0.4) is 0 Å². The summed E-state index contributed by atoms with van der Waals surface area (Å²) in [5.74, 6) is 0.112. The van der Waals surface area contributed by atoms with E-state index in [0.717, 1.165) is 47.1 Å². The second-order valence-electron chi connectivity index (χ2n) is 6.00. The number of carbonyl (C=O) groups excluding carboxylic acids is 1. The number of carbonyl (C=O) groups is 1. The Morgan fingerprint density at radius 2 is 1.38 bits per heavy atom. The van der Waals surface area contributed by atoms with Crippen LogP contribution in [0, 0.1) is 0 Å². The minimum Gasteiger partial charge on any atom is -0.289 e. The van der Waals surface area contributed by atoms with E-state index in [2.05, 4.69) is 25.1 Å². The minimum atomic E-state index is 0.112. The first-order valence-corrected chi connectivity index (χ1v) is 8.58. The van der Waals surface area contributed by atoms with Crippen LogP contribution in [0.2, 0.25) is 0 Å². The summed E-state index contributed by atoms with van der Waals surface area (Å²) in [6.07, 6.45) is 3.18. The zero-order valence-electron chi connectivity index (χ0n) is 14.0. The SMILES string of the molecule is CCCCc1ccccc1C(=O)c1ccccc1-c1ccccc1. The van der Waals surface area contributed by atoms with Crippen molar-refractivity contribution in [1.29, 1.82) is 0 Å². The number of aryl methyl sites for hydroxylation is 1. The van der Waals surface area contributed by atoms with Gasteiger partial charge in [-0.3, -0.25) is 4.79 Å². The number of ketones is 1. The molecule has 0 aliphatic rings. The topological polar surface area (TPSA) is 17.1 Å². The van der Waals surface area contributed by atoms with Crippen LogP contribution in [0.15, 0.2) is 78.9 Å². The second-order valence-corrected chi connectivity index (χ2v) is 6.00. The standard InChI is InChI=1S/C23H22O/c1-2-3-11-19-14-7-8-16-21(19)23(24)22-17-10-9-15-20(22)18-12-5-4-6-13-18/h4-10,12-17H,2-3,11H2,1H3. The second kappa shape index (κ2) is 7.74. The van der Waals surface area contributed by atoms with Crippen LogP contribution in [-0.4, -0.2) is 5.78 Å². The molecule has 0 N–H and O–H groups in total. The molecule has 24 heavy (non-hydrogen) atoms. The monoisotopic (exact) mass is 314 g/mol. The van der Waals surface area contributed by atoms with Crippen molar-refractivity contribution in [2.45, 2.75) is 26.2 Å². The maximum Gasteiger partial charge on any atom is 0.193 e. The molecule has 0 saturated carbocycles. The molecule has 0 bridgehead atoms. The van der Waals surface area contributed by atoms with Gasteiger partial charge in [-0.2, -0.15) is 0 Å². The van der Waals surface area contributed by atoms with Crippen LogP contribution in [-0.2, 0) is 6.42 Å². The highest BCUT2D eigenvalue weighted by Gasteiger charge is 2.16. The summed E-state index contributed by atoms with van der Waals surface area (Å²) in [5, 5.41) is 0. The van der Waals surface area contributed by atoms with E-state index >= 15 is 0 Å². The van der Waals surface area contributed by atoms with E-state index in [1.54, 1.807) is 0 Å². The van der Waals surface area contributed by atoms with Gasteiger partial charge in [-0.15, -0.1) is 0 Å². The lowest BCUT2D eigenvalue weighted by Crippen LogP contribution is -2.07. The zero-order valence-corrected chi connectivity index (χ0v) is 14.0. The van der Waals surface area contributed by atoms with Gasteiger partial charge in [0.1, 0.15) is 0 Å². The first-order chi connectivity index (χ1) is 11.8. The molecule has 0 fully saturated rings. The van der Waals surface area contributed by atoms with Crippen molar-refractivity contribution >= 4 is 5.78 Å². The third-order valence-electron chi connectivity index (χ3n) is 4.32. The van der Waals surface area contributed by atoms with Gasteiger partial charge in [0.2, 0.25) is 0 Å². The predicted octanol–water partition coefficient (Wildman–Crippen LogP) is 5.93. The Hall–Kier alpha value is -2.67. The molecule has 0 spiro atoms. The van der Waals surface area contributed by atoms with Crippen LogP contribution >= 0.6 is 0 Å². The van der Waals surface area contributed by atoms with Crippen molar-refractivity contribution in [3.8, 4) is 11.1 Å². The normalized spacial score (nSPS) is 10.5. The summed E-state index contributed by atoms with van der Waals surface area (Å²) in [7, 11) is 0. The average molecular weight is 314 g/mol. The molecular weight excluding hydrogens is 292 g/mol. The van der Waals surface area contributed by atoms with Crippen molar-refractivity contribution in [2.75, 3.05) is 0 Å². The molecule has 3 aromatic rings. The van der Waals surface area contributed by atoms with Crippen molar-refractivity contribution in [3.63, 3.8) is 0 Å². The predicted molar refractivity (Wildman–Crippen MR) is 100 cm³/mol. The summed E-state index contributed by atoms with van der Waals surface area (Å²) in [6, 6.07) is 26.0. The Bertz CT molecular complexity index is 818. The molecule has 1 nitrogen and oxygen atoms in total. The highest BCUT2D eigenvalue weighted by molar-refractivity contribution is 6.13. The van der Waals surface area contributed by atoms with Crippen LogP contribution in [0.1, 0.15) is 41.3 Å². The molecule has 0 saturated heterocycles. The zero-order chi connectivity index (χ0) is 16.8. The molecule has 120 valence electrons. The van der Waals surface area contributed by atoms with E-state index < -0.39 is 0 Å². The fourth-order valence-corrected chi connectivity index (χ4v) is 3.02. The van der Waals surface area contributed by atoms with E-state index in [9.17, 15) is 4.79 Å². The summed E-state index contributed by atoms with van der Waals surface area (Å²) in [5.41, 5.74) is 4.81. The Morgan fingerprint density at radius 3 is 2.12 bits per heavy atom. The molecule has 0 heterocycles. The van der Waals surface area contributed by atoms with Gasteiger partial charge < -0.3 is 0 Å². The quantitative estimate of drug-likeness (QED) is 0.516. The van der Waals surface area contributed by atoms with Gasteiger partial charge >= 0.3 is 0 Å². The summed E-state index contributed by atoms with van der Waals surface area (Å²) < 4.78 is 0. The van der Waals surface area contributed by atoms with E-state index in [0.29, 0.717) is 0 Å². The molecular formula is C23H22O. The van der Waals surface area contributed by atoms with E-state index in [-0.39, 0.29) is 5.78 Å². The fraction of sp³-hybridized carbons (Fsp3) is 0.174. The third kappa shape index (κ3) is 3.46. The molecule has 0 aromatic heterocycles. The molecule has 0 unspecified atom stereocenters. The molecule has 0 aliphatic heterocycles. The van der Waals surface area contributed by atoms with Gasteiger partial charge in [0.05, 0.1) is 0 Å². The number of unbranched alkanes of at least 4 members (excludes halogenated alkanes) is 1. The number of benzene rings is 3. The number of hydrogen-bond acceptors (Lipinski definition) is 1. The largest absolute Gasteiger partial charge is 0.289 e. The van der Waals surface area contributed by atoms with Crippen LogP contribution in [0.5, 0.6) is 0 Å². The van der Waals surface area contributed by atoms with Gasteiger partial charge in [0.15, 0.2) is 5.78 Å². The molecule has 1 heteroatoms. The van der Waals surface area contributed by atoms with E-state index in [1.165, 1.54) is 0 Å². The van der Waals surface area contributed by atoms with E-state index in [1.807, 2.05) is 60.7 Å². The van der Waals surface area contributed by atoms with Crippen molar-refractivity contribution in [1.82, 2.24) is 0 Å². The Kier molecular flexibility index (Phi) is 5.22. The molecule has 0 radical (unpaired) electrons. The third-order valence-corrected chi connectivity index (χ3v) is 4.32. The van der Waals surface area contributed by atoms with Gasteiger partial charge in [-0.25, -0.2) is 0 Å². The Labute approximate surface area is 144 Å². The Morgan fingerprint density at radius 1 is 0.750 bits per heavy atom. The first kappa shape index (κ1) is 16.2. The maximum absolute atomic E-state index is 13.2. The van der Waals surface area contributed by atoms with Crippen LogP contribution in [0.25, 0.3) is 11.1 Å². The average Bonchev–Trinajstić information content (AvgIpc) is 2.67. The molecule has 0 aliphatic carbocycles. The van der Waals surface area contributed by atoms with Gasteiger partial charge in [-0.1, -0.05) is 92.2 Å². The van der Waals surface area contributed by atoms with Gasteiger partial charge in [0, 0.05) is 11.1 Å². The van der Waals surface area contributed by atoms with Crippen molar-refractivity contribution in [2.24, 2.45) is 0 Å².